The zero-order valence-corrected chi connectivity index (χ0v) is 22.4. The minimum Gasteiger partial charge on any atom is -0.496 e. The third-order valence-corrected chi connectivity index (χ3v) is 7.87. The van der Waals surface area contributed by atoms with Gasteiger partial charge in [0.2, 0.25) is 0 Å². The van der Waals surface area contributed by atoms with Gasteiger partial charge in [-0.3, -0.25) is 9.52 Å². The fourth-order valence-electron chi connectivity index (χ4n) is 4.34. The summed E-state index contributed by atoms with van der Waals surface area (Å²) in [7, 11) is -3.13. The van der Waals surface area contributed by atoms with Gasteiger partial charge in [-0.05, 0) is 62.2 Å². The lowest BCUT2D eigenvalue weighted by molar-refractivity contribution is -0.148. The normalized spacial score (nSPS) is 18.1. The number of carbonyl (C=O) groups is 1. The number of sulfonamides is 1. The van der Waals surface area contributed by atoms with Crippen molar-refractivity contribution in [2.75, 3.05) is 29.8 Å². The molecule has 3 aromatic rings. The molecule has 0 radical (unpaired) electrons. The smallest absolute Gasteiger partial charge is 0.418 e. The molecule has 39 heavy (non-hydrogen) atoms. The number of nitrogens with one attached hydrogen (secondary N) is 1. The van der Waals surface area contributed by atoms with Gasteiger partial charge in [0.05, 0.1) is 23.8 Å². The fraction of sp³-hybridized carbons (Fsp3) is 0.320. The number of alkyl halides is 3. The number of rotatable bonds is 7. The van der Waals surface area contributed by atoms with Crippen LogP contribution < -0.4 is 14.4 Å². The van der Waals surface area contributed by atoms with E-state index in [2.05, 4.69) is 14.7 Å². The molecular weight excluding hydrogens is 561 g/mol. The van der Waals surface area contributed by atoms with Crippen LogP contribution in [0.4, 0.5) is 24.8 Å². The number of hydrogen-bond donors (Lipinski definition) is 2. The van der Waals surface area contributed by atoms with Crippen LogP contribution >= 0.6 is 11.6 Å². The van der Waals surface area contributed by atoms with E-state index in [1.54, 1.807) is 17.9 Å². The molecule has 0 amide bonds. The molecule has 9 nitrogen and oxygen atoms in total. The van der Waals surface area contributed by atoms with Gasteiger partial charge in [0, 0.05) is 23.7 Å². The van der Waals surface area contributed by atoms with Crippen LogP contribution in [0, 0.1) is 5.41 Å². The monoisotopic (exact) mass is 584 g/mol. The van der Waals surface area contributed by atoms with Gasteiger partial charge in [0.1, 0.15) is 17.4 Å². The Morgan fingerprint density at radius 1 is 1.18 bits per heavy atom. The summed E-state index contributed by atoms with van der Waals surface area (Å²) in [5.74, 6) is -1.03. The molecule has 0 saturated carbocycles. The number of carboxylic acids is 1. The van der Waals surface area contributed by atoms with E-state index in [0.717, 1.165) is 6.07 Å². The third-order valence-electron chi connectivity index (χ3n) is 6.38. The molecule has 208 valence electrons. The Morgan fingerprint density at radius 2 is 1.92 bits per heavy atom. The fourth-order valence-corrected chi connectivity index (χ4v) is 5.48. The predicted octanol–water partition coefficient (Wildman–Crippen LogP) is 5.32. The van der Waals surface area contributed by atoms with E-state index in [1.165, 1.54) is 37.4 Å². The van der Waals surface area contributed by atoms with Crippen molar-refractivity contribution in [2.24, 2.45) is 5.41 Å². The van der Waals surface area contributed by atoms with E-state index in [0.29, 0.717) is 25.5 Å². The Bertz CT molecular complexity index is 1520. The first kappa shape index (κ1) is 28.4. The van der Waals surface area contributed by atoms with Crippen molar-refractivity contribution >= 4 is 39.2 Å². The molecule has 4 rings (SSSR count). The van der Waals surface area contributed by atoms with Gasteiger partial charge in [-0.2, -0.15) is 21.6 Å². The molecule has 1 atom stereocenters. The topological polar surface area (TPSA) is 122 Å². The second-order valence-corrected chi connectivity index (χ2v) is 11.3. The first-order valence-corrected chi connectivity index (χ1v) is 13.5. The lowest BCUT2D eigenvalue weighted by Crippen LogP contribution is -2.46. The van der Waals surface area contributed by atoms with Crippen LogP contribution in [-0.2, 0) is 21.0 Å². The van der Waals surface area contributed by atoms with Crippen molar-refractivity contribution in [3.8, 4) is 17.0 Å². The highest BCUT2D eigenvalue weighted by molar-refractivity contribution is 7.92. The molecule has 1 saturated heterocycles. The number of aromatic nitrogens is 2. The average molecular weight is 585 g/mol. The minimum atomic E-state index is -4.80. The van der Waals surface area contributed by atoms with Crippen molar-refractivity contribution < 1.29 is 36.2 Å². The molecule has 1 aliphatic heterocycles. The van der Waals surface area contributed by atoms with Crippen LogP contribution in [0.15, 0.2) is 53.6 Å². The van der Waals surface area contributed by atoms with Gasteiger partial charge in [0.25, 0.3) is 10.0 Å². The molecule has 0 bridgehead atoms. The van der Waals surface area contributed by atoms with E-state index in [-0.39, 0.29) is 34.5 Å². The number of aliphatic carboxylic acids is 1. The number of methoxy groups -OCH3 is 1. The summed E-state index contributed by atoms with van der Waals surface area (Å²) >= 11 is 6.01. The highest BCUT2D eigenvalue weighted by Crippen LogP contribution is 2.41. The Morgan fingerprint density at radius 3 is 2.59 bits per heavy atom. The summed E-state index contributed by atoms with van der Waals surface area (Å²) in [6, 6.07) is 9.89. The van der Waals surface area contributed by atoms with Crippen LogP contribution in [0.25, 0.3) is 11.3 Å². The molecule has 3 heterocycles. The number of piperidine rings is 1. The number of pyridine rings is 2. The molecule has 1 fully saturated rings. The summed E-state index contributed by atoms with van der Waals surface area (Å²) in [6.07, 6.45) is -3.76. The molecule has 14 heteroatoms. The number of nitrogens with zero attached hydrogens (tertiary/aromatic N) is 3. The van der Waals surface area contributed by atoms with Crippen LogP contribution in [0.5, 0.6) is 5.75 Å². The van der Waals surface area contributed by atoms with Crippen molar-refractivity contribution in [1.29, 1.82) is 0 Å². The van der Waals surface area contributed by atoms with E-state index in [1.807, 2.05) is 0 Å². The molecule has 0 aliphatic carbocycles. The number of ether oxygens (including phenoxy) is 1. The SMILES string of the molecule is COc1ccc(Cl)cc1-c1nc(NS(=O)(=O)c2cccc(N3CCCC(C)(C(=O)O)C3)n2)ccc1C(F)(F)F. The minimum absolute atomic E-state index is 0.0571. The Hall–Kier alpha value is -3.58. The van der Waals surface area contributed by atoms with Gasteiger partial charge < -0.3 is 14.7 Å². The van der Waals surface area contributed by atoms with Crippen molar-refractivity contribution in [3.63, 3.8) is 0 Å². The Kier molecular flexibility index (Phi) is 7.68. The summed E-state index contributed by atoms with van der Waals surface area (Å²) in [6.45, 7) is 2.24. The summed E-state index contributed by atoms with van der Waals surface area (Å²) in [5, 5.41) is 9.31. The van der Waals surface area contributed by atoms with E-state index in [9.17, 15) is 31.5 Å². The van der Waals surface area contributed by atoms with Gasteiger partial charge in [-0.1, -0.05) is 17.7 Å². The number of benzene rings is 1. The molecule has 1 aliphatic rings. The van der Waals surface area contributed by atoms with Gasteiger partial charge in [-0.25, -0.2) is 9.97 Å². The van der Waals surface area contributed by atoms with Crippen LogP contribution in [0.3, 0.4) is 0 Å². The van der Waals surface area contributed by atoms with Gasteiger partial charge in [0.15, 0.2) is 5.03 Å². The number of hydrogen-bond acceptors (Lipinski definition) is 7. The highest BCUT2D eigenvalue weighted by Gasteiger charge is 2.39. The zero-order valence-electron chi connectivity index (χ0n) is 20.8. The summed E-state index contributed by atoms with van der Waals surface area (Å²) in [4.78, 5) is 21.6. The summed E-state index contributed by atoms with van der Waals surface area (Å²) < 4.78 is 75.2. The third kappa shape index (κ3) is 6.04. The molecule has 1 unspecified atom stereocenters. The lowest BCUT2D eigenvalue weighted by Gasteiger charge is -2.38. The molecule has 0 spiro atoms. The molecular formula is C25H24ClF3N4O5S. The van der Waals surface area contributed by atoms with Crippen molar-refractivity contribution in [1.82, 2.24) is 9.97 Å². The van der Waals surface area contributed by atoms with Crippen molar-refractivity contribution in [3.05, 3.63) is 59.1 Å². The quantitative estimate of drug-likeness (QED) is 0.383. The van der Waals surface area contributed by atoms with E-state index < -0.39 is 43.9 Å². The number of halogens is 4. The first-order valence-electron chi connectivity index (χ1n) is 11.6. The van der Waals surface area contributed by atoms with Crippen LogP contribution in [-0.4, -0.2) is 49.7 Å². The largest absolute Gasteiger partial charge is 0.496 e. The van der Waals surface area contributed by atoms with Crippen molar-refractivity contribution in [2.45, 2.75) is 31.0 Å². The maximum Gasteiger partial charge on any atom is 0.418 e. The van der Waals surface area contributed by atoms with Gasteiger partial charge >= 0.3 is 12.1 Å². The van der Waals surface area contributed by atoms with Crippen LogP contribution in [0.2, 0.25) is 5.02 Å². The van der Waals surface area contributed by atoms with Gasteiger partial charge in [-0.15, -0.1) is 0 Å². The van der Waals surface area contributed by atoms with E-state index in [4.69, 9.17) is 16.3 Å². The maximum atomic E-state index is 13.8. The average Bonchev–Trinajstić information content (AvgIpc) is 2.88. The first-order chi connectivity index (χ1) is 18.2. The lowest BCUT2D eigenvalue weighted by atomic mass is 9.82. The Balaban J connectivity index is 1.70. The predicted molar refractivity (Wildman–Crippen MR) is 138 cm³/mol. The van der Waals surface area contributed by atoms with E-state index >= 15 is 0 Å². The molecule has 1 aromatic carbocycles. The Labute approximate surface area is 227 Å². The zero-order chi connectivity index (χ0) is 28.6. The number of anilines is 2. The second-order valence-electron chi connectivity index (χ2n) is 9.27. The second kappa shape index (κ2) is 10.5. The molecule has 2 aromatic heterocycles. The summed E-state index contributed by atoms with van der Waals surface area (Å²) in [5.41, 5.74) is -2.79. The number of carboxylic acid groups (broad SMARTS) is 1. The highest BCUT2D eigenvalue weighted by atomic mass is 35.5. The van der Waals surface area contributed by atoms with Crippen LogP contribution in [0.1, 0.15) is 25.3 Å². The standard InChI is InChI=1S/C25H24ClF3N4O5S/c1-24(23(34)35)11-4-12-33(14-24)20-5-3-6-21(31-20)39(36,37)32-19-10-8-17(25(27,28)29)22(30-19)16-13-15(26)7-9-18(16)38-2/h3,5-10,13H,4,11-12,14H2,1-2H3,(H,30,32)(H,34,35). The maximum absolute atomic E-state index is 13.8. The molecule has 2 N–H and O–H groups in total.